The topological polar surface area (TPSA) is 109 Å². The molecule has 0 radical (unpaired) electrons. The van der Waals surface area contributed by atoms with Gasteiger partial charge in [-0.1, -0.05) is 0 Å². The summed E-state index contributed by atoms with van der Waals surface area (Å²) in [4.78, 5) is 23.9. The van der Waals surface area contributed by atoms with Crippen LogP contribution in [-0.4, -0.2) is 82.9 Å². The molecule has 2 aliphatic carbocycles. The molecule has 4 unspecified atom stereocenters. The van der Waals surface area contributed by atoms with Gasteiger partial charge in [0.15, 0.2) is 5.79 Å². The van der Waals surface area contributed by atoms with E-state index in [1.54, 1.807) is 20.5 Å². The van der Waals surface area contributed by atoms with Gasteiger partial charge in [-0.25, -0.2) is 9.97 Å². The molecule has 47 heavy (non-hydrogen) atoms. The molecule has 6 rings (SSSR count). The summed E-state index contributed by atoms with van der Waals surface area (Å²) in [7, 11) is 3.31. The van der Waals surface area contributed by atoms with Gasteiger partial charge in [0.05, 0.1) is 38.4 Å². The predicted molar refractivity (Wildman–Crippen MR) is 180 cm³/mol. The first-order chi connectivity index (χ1) is 22.6. The lowest BCUT2D eigenvalue weighted by molar-refractivity contribution is -0.161. The highest BCUT2D eigenvalue weighted by Crippen LogP contribution is 2.49. The van der Waals surface area contributed by atoms with Crippen LogP contribution in [0.2, 0.25) is 0 Å². The fraction of sp³-hybridized carbons (Fsp3) is 0.639. The molecular formula is C36H51N5O6. The Hall–Kier alpha value is -3.41. The van der Waals surface area contributed by atoms with E-state index in [2.05, 4.69) is 45.9 Å². The fourth-order valence-electron chi connectivity index (χ4n) is 7.88. The van der Waals surface area contributed by atoms with Gasteiger partial charge in [0.25, 0.3) is 0 Å². The molecule has 256 valence electrons. The smallest absolute Gasteiger partial charge is 0.305 e. The van der Waals surface area contributed by atoms with Gasteiger partial charge in [-0.3, -0.25) is 9.69 Å². The number of benzene rings is 1. The van der Waals surface area contributed by atoms with E-state index in [0.717, 1.165) is 66.1 Å². The van der Waals surface area contributed by atoms with Gasteiger partial charge in [0.2, 0.25) is 0 Å². The lowest BCUT2D eigenvalue weighted by Gasteiger charge is -2.46. The number of methoxy groups -OCH3 is 2. The zero-order chi connectivity index (χ0) is 33.3. The van der Waals surface area contributed by atoms with Crippen molar-refractivity contribution in [3.8, 4) is 11.5 Å². The Morgan fingerprint density at radius 3 is 2.62 bits per heavy atom. The number of fused-ring (bicyclic) bond motifs is 2. The van der Waals surface area contributed by atoms with Crippen LogP contribution < -0.4 is 14.8 Å². The van der Waals surface area contributed by atoms with Gasteiger partial charge in [-0.05, 0) is 84.4 Å². The second kappa shape index (κ2) is 14.0. The second-order valence-corrected chi connectivity index (χ2v) is 14.0. The molecule has 3 heterocycles. The van der Waals surface area contributed by atoms with Crippen molar-refractivity contribution in [3.63, 3.8) is 0 Å². The number of carbonyl (C=O) groups is 1. The van der Waals surface area contributed by atoms with Crippen LogP contribution in [-0.2, 0) is 25.5 Å². The van der Waals surface area contributed by atoms with Gasteiger partial charge in [0.1, 0.15) is 35.4 Å². The molecule has 0 amide bonds. The van der Waals surface area contributed by atoms with Crippen molar-refractivity contribution in [1.29, 1.82) is 0 Å². The third kappa shape index (κ3) is 7.07. The van der Waals surface area contributed by atoms with E-state index in [4.69, 9.17) is 28.7 Å². The Kier molecular flexibility index (Phi) is 9.96. The fourth-order valence-corrected chi connectivity index (χ4v) is 7.88. The van der Waals surface area contributed by atoms with E-state index in [-0.39, 0.29) is 24.2 Å². The summed E-state index contributed by atoms with van der Waals surface area (Å²) in [5.41, 5.74) is 1.89. The average Bonchev–Trinajstić information content (AvgIpc) is 3.69. The zero-order valence-corrected chi connectivity index (χ0v) is 28.9. The number of hydrogen-bond donors (Lipinski definition) is 1. The standard InChI is InChI=1S/C36H51N5O6/c1-8-45-31(42)12-9-23-15-26(16-23)41(22(2)3)20-25-17-29(33-32(25)46-36(4,5)47-33)40-14-13-28-34(38-21-39-35(28)40)37-19-24-10-11-27(43-6)18-30(24)44-7/h10-11,13-14,18,21-23,25-26,29,32-33H,8-9,12,15-17,19-20H2,1-7H3,(H,37,38,39). The van der Waals surface area contributed by atoms with E-state index in [1.165, 1.54) is 0 Å². The van der Waals surface area contributed by atoms with Gasteiger partial charge >= 0.3 is 5.97 Å². The number of esters is 1. The van der Waals surface area contributed by atoms with Gasteiger partial charge < -0.3 is 33.6 Å². The van der Waals surface area contributed by atoms with Gasteiger partial charge in [0, 0.05) is 55.3 Å². The molecule has 1 aromatic carbocycles. The SMILES string of the molecule is CCOC(=O)CCC1CC(N(CC2CC(n3ccc4c(NCc5ccc(OC)cc5OC)ncnc43)C3OC(C)(C)OC23)C(C)C)C1. The Morgan fingerprint density at radius 1 is 1.11 bits per heavy atom. The van der Waals surface area contributed by atoms with Crippen LogP contribution in [0.25, 0.3) is 11.0 Å². The average molecular weight is 650 g/mol. The van der Waals surface area contributed by atoms with E-state index in [9.17, 15) is 4.79 Å². The largest absolute Gasteiger partial charge is 0.497 e. The number of nitrogens with one attached hydrogen (secondary N) is 1. The van der Waals surface area contributed by atoms with E-state index in [0.29, 0.717) is 43.5 Å². The normalized spacial score (nSPS) is 26.4. The molecule has 11 nitrogen and oxygen atoms in total. The van der Waals surface area contributed by atoms with Gasteiger partial charge in [-0.15, -0.1) is 0 Å². The first kappa shape index (κ1) is 33.5. The summed E-state index contributed by atoms with van der Waals surface area (Å²) in [6.45, 7) is 12.4. The Morgan fingerprint density at radius 2 is 1.89 bits per heavy atom. The lowest BCUT2D eigenvalue weighted by Crippen LogP contribution is -2.51. The number of carbonyl (C=O) groups excluding carboxylic acids is 1. The summed E-state index contributed by atoms with van der Waals surface area (Å²) in [5, 5.41) is 4.47. The summed E-state index contributed by atoms with van der Waals surface area (Å²) in [5.74, 6) is 2.45. The minimum Gasteiger partial charge on any atom is -0.497 e. The van der Waals surface area contributed by atoms with Gasteiger partial charge in [-0.2, -0.15) is 0 Å². The molecule has 3 aromatic rings. The molecule has 0 bridgehead atoms. The minimum atomic E-state index is -0.647. The molecule has 2 aromatic heterocycles. The number of hydrogen-bond acceptors (Lipinski definition) is 10. The quantitative estimate of drug-likeness (QED) is 0.210. The lowest BCUT2D eigenvalue weighted by atomic mass is 9.76. The van der Waals surface area contributed by atoms with Crippen molar-refractivity contribution in [3.05, 3.63) is 42.4 Å². The van der Waals surface area contributed by atoms with Crippen LogP contribution in [0, 0.1) is 11.8 Å². The third-order valence-electron chi connectivity index (χ3n) is 10.2. The maximum absolute atomic E-state index is 11.9. The number of rotatable bonds is 14. The molecule has 3 aliphatic rings. The van der Waals surface area contributed by atoms with E-state index >= 15 is 0 Å². The van der Waals surface area contributed by atoms with Crippen LogP contribution in [0.5, 0.6) is 11.5 Å². The molecular weight excluding hydrogens is 598 g/mol. The van der Waals surface area contributed by atoms with Crippen LogP contribution in [0.4, 0.5) is 5.82 Å². The number of aromatic nitrogens is 3. The Bertz CT molecular complexity index is 1540. The van der Waals surface area contributed by atoms with E-state index in [1.807, 2.05) is 39.0 Å². The maximum Gasteiger partial charge on any atom is 0.305 e. The number of anilines is 1. The molecule has 1 aliphatic heterocycles. The second-order valence-electron chi connectivity index (χ2n) is 14.0. The van der Waals surface area contributed by atoms with Crippen LogP contribution >= 0.6 is 0 Å². The minimum absolute atomic E-state index is 0.00430. The molecule has 3 fully saturated rings. The molecule has 11 heteroatoms. The Balaban J connectivity index is 1.17. The summed E-state index contributed by atoms with van der Waals surface area (Å²) in [6, 6.07) is 8.93. The van der Waals surface area contributed by atoms with Crippen LogP contribution in [0.15, 0.2) is 36.8 Å². The highest BCUT2D eigenvalue weighted by Gasteiger charge is 2.55. The Labute approximate surface area is 278 Å². The van der Waals surface area contributed by atoms with Crippen molar-refractivity contribution in [2.24, 2.45) is 11.8 Å². The molecule has 0 spiro atoms. The predicted octanol–water partition coefficient (Wildman–Crippen LogP) is 5.97. The first-order valence-corrected chi connectivity index (χ1v) is 17.1. The molecule has 2 saturated carbocycles. The van der Waals surface area contributed by atoms with Crippen LogP contribution in [0.3, 0.4) is 0 Å². The number of ether oxygens (including phenoxy) is 5. The maximum atomic E-state index is 11.9. The summed E-state index contributed by atoms with van der Waals surface area (Å²) >= 11 is 0. The van der Waals surface area contributed by atoms with Crippen molar-refractivity contribution < 1.29 is 28.5 Å². The zero-order valence-electron chi connectivity index (χ0n) is 28.9. The van der Waals surface area contributed by atoms with E-state index < -0.39 is 5.79 Å². The van der Waals surface area contributed by atoms with Crippen molar-refractivity contribution in [2.75, 3.05) is 32.7 Å². The summed E-state index contributed by atoms with van der Waals surface area (Å²) < 4.78 is 31.6. The van der Waals surface area contributed by atoms with Crippen molar-refractivity contribution in [1.82, 2.24) is 19.4 Å². The highest BCUT2D eigenvalue weighted by molar-refractivity contribution is 5.87. The summed E-state index contributed by atoms with van der Waals surface area (Å²) in [6.07, 6.45) is 8.29. The van der Waals surface area contributed by atoms with Crippen molar-refractivity contribution in [2.45, 2.75) is 109 Å². The first-order valence-electron chi connectivity index (χ1n) is 17.1. The number of nitrogens with zero attached hydrogens (tertiary/aromatic N) is 4. The molecule has 1 saturated heterocycles. The monoisotopic (exact) mass is 649 g/mol. The third-order valence-corrected chi connectivity index (χ3v) is 10.2. The van der Waals surface area contributed by atoms with Crippen molar-refractivity contribution >= 4 is 22.8 Å². The highest BCUT2D eigenvalue weighted by atomic mass is 16.8. The molecule has 4 atom stereocenters. The molecule has 1 N–H and O–H groups in total. The van der Waals surface area contributed by atoms with Crippen LogP contribution in [0.1, 0.15) is 78.3 Å².